The summed E-state index contributed by atoms with van der Waals surface area (Å²) in [7, 11) is 0. The molecule has 1 aliphatic rings. The molecule has 0 radical (unpaired) electrons. The first-order valence-corrected chi connectivity index (χ1v) is 10.2. The third kappa shape index (κ3) is 3.88. The monoisotopic (exact) mass is 390 g/mol. The number of carbonyl (C=O) groups excluding carboxylic acids is 2. The first-order chi connectivity index (χ1) is 14.0. The van der Waals surface area contributed by atoms with Crippen LogP contribution in [0.5, 0.6) is 0 Å². The first kappa shape index (κ1) is 19.2. The van der Waals surface area contributed by atoms with Crippen LogP contribution in [0.15, 0.2) is 42.6 Å². The molecule has 3 heterocycles. The molecule has 1 N–H and O–H groups in total. The number of nitrogens with one attached hydrogen (secondary N) is 1. The van der Waals surface area contributed by atoms with Crippen molar-refractivity contribution in [3.63, 3.8) is 0 Å². The number of rotatable bonds is 3. The van der Waals surface area contributed by atoms with Crippen molar-refractivity contribution < 1.29 is 9.59 Å². The van der Waals surface area contributed by atoms with Gasteiger partial charge in [-0.1, -0.05) is 31.0 Å². The fraction of sp³-hybridized carbons (Fsp3) is 0.348. The Kier molecular flexibility index (Phi) is 5.34. The molecule has 29 heavy (non-hydrogen) atoms. The molecule has 6 nitrogen and oxygen atoms in total. The van der Waals surface area contributed by atoms with Crippen molar-refractivity contribution in [3.8, 4) is 0 Å². The summed E-state index contributed by atoms with van der Waals surface area (Å²) >= 11 is 0. The number of likely N-dealkylation sites (tertiary alicyclic amines) is 1. The van der Waals surface area contributed by atoms with E-state index in [1.165, 1.54) is 0 Å². The van der Waals surface area contributed by atoms with Crippen LogP contribution in [0.25, 0.3) is 5.52 Å². The molecule has 4 rings (SSSR count). The van der Waals surface area contributed by atoms with E-state index in [4.69, 9.17) is 0 Å². The van der Waals surface area contributed by atoms with Gasteiger partial charge in [0.25, 0.3) is 11.8 Å². The molecule has 1 fully saturated rings. The Labute approximate surface area is 170 Å². The number of amides is 2. The van der Waals surface area contributed by atoms with Gasteiger partial charge in [0.05, 0.1) is 5.52 Å². The van der Waals surface area contributed by atoms with Crippen LogP contribution in [0.4, 0.5) is 5.69 Å². The lowest BCUT2D eigenvalue weighted by Crippen LogP contribution is -2.32. The predicted octanol–water partition coefficient (Wildman–Crippen LogP) is 4.22. The van der Waals surface area contributed by atoms with E-state index >= 15 is 0 Å². The van der Waals surface area contributed by atoms with Gasteiger partial charge in [0.1, 0.15) is 0 Å². The van der Waals surface area contributed by atoms with Gasteiger partial charge in [-0.3, -0.25) is 14.0 Å². The predicted molar refractivity (Wildman–Crippen MR) is 113 cm³/mol. The highest BCUT2D eigenvalue weighted by Crippen LogP contribution is 2.21. The normalized spacial score (nSPS) is 14.6. The van der Waals surface area contributed by atoms with Crippen molar-refractivity contribution >= 4 is 23.0 Å². The molecular formula is C23H26N4O2. The number of hydrogen-bond donors (Lipinski definition) is 1. The van der Waals surface area contributed by atoms with Gasteiger partial charge >= 0.3 is 0 Å². The molecule has 1 aliphatic heterocycles. The molecule has 6 heteroatoms. The molecule has 0 unspecified atom stereocenters. The van der Waals surface area contributed by atoms with Gasteiger partial charge < -0.3 is 10.2 Å². The molecule has 0 spiro atoms. The second kappa shape index (κ2) is 8.07. The molecule has 0 atom stereocenters. The highest BCUT2D eigenvalue weighted by atomic mass is 16.2. The first-order valence-electron chi connectivity index (χ1n) is 10.2. The largest absolute Gasteiger partial charge is 0.337 e. The maximum atomic E-state index is 13.2. The number of imidazole rings is 1. The van der Waals surface area contributed by atoms with Crippen LogP contribution in [0, 0.1) is 13.8 Å². The van der Waals surface area contributed by atoms with E-state index in [0.29, 0.717) is 11.2 Å². The minimum atomic E-state index is -0.324. The third-order valence-corrected chi connectivity index (χ3v) is 5.49. The molecule has 1 aromatic carbocycles. The van der Waals surface area contributed by atoms with Crippen LogP contribution >= 0.6 is 0 Å². The lowest BCUT2D eigenvalue weighted by atomic mass is 10.1. The van der Waals surface area contributed by atoms with E-state index in [1.807, 2.05) is 55.1 Å². The van der Waals surface area contributed by atoms with Crippen LogP contribution in [0.1, 0.15) is 57.9 Å². The fourth-order valence-electron chi connectivity index (χ4n) is 3.83. The van der Waals surface area contributed by atoms with E-state index in [1.54, 1.807) is 10.6 Å². The number of hydrogen-bond acceptors (Lipinski definition) is 3. The highest BCUT2D eigenvalue weighted by Gasteiger charge is 2.25. The summed E-state index contributed by atoms with van der Waals surface area (Å²) in [5, 5.41) is 2.95. The molecule has 0 aliphatic carbocycles. The number of nitrogens with zero attached hydrogens (tertiary/aromatic N) is 3. The Balaban J connectivity index is 1.69. The maximum Gasteiger partial charge on any atom is 0.292 e. The minimum Gasteiger partial charge on any atom is -0.337 e. The second-order valence-electron chi connectivity index (χ2n) is 7.72. The molecular weight excluding hydrogens is 364 g/mol. The van der Waals surface area contributed by atoms with Crippen molar-refractivity contribution in [2.45, 2.75) is 39.5 Å². The van der Waals surface area contributed by atoms with Crippen LogP contribution in [0.2, 0.25) is 0 Å². The van der Waals surface area contributed by atoms with Gasteiger partial charge in [-0.05, 0) is 56.0 Å². The van der Waals surface area contributed by atoms with E-state index in [2.05, 4.69) is 10.3 Å². The maximum absolute atomic E-state index is 13.2. The Bertz CT molecular complexity index is 1060. The zero-order valence-corrected chi connectivity index (χ0v) is 16.9. The van der Waals surface area contributed by atoms with Crippen molar-refractivity contribution in [1.82, 2.24) is 14.3 Å². The summed E-state index contributed by atoms with van der Waals surface area (Å²) in [6.45, 7) is 5.42. The average Bonchev–Trinajstić information content (AvgIpc) is 2.90. The summed E-state index contributed by atoms with van der Waals surface area (Å²) in [6, 6.07) is 11.5. The van der Waals surface area contributed by atoms with Crippen LogP contribution in [0.3, 0.4) is 0 Å². The molecule has 2 amide bonds. The van der Waals surface area contributed by atoms with Crippen molar-refractivity contribution in [1.29, 1.82) is 0 Å². The van der Waals surface area contributed by atoms with Gasteiger partial charge in [-0.25, -0.2) is 4.98 Å². The Morgan fingerprint density at radius 2 is 1.76 bits per heavy atom. The van der Waals surface area contributed by atoms with Crippen molar-refractivity contribution in [2.75, 3.05) is 18.4 Å². The molecule has 0 saturated carbocycles. The Morgan fingerprint density at radius 3 is 2.52 bits per heavy atom. The summed E-state index contributed by atoms with van der Waals surface area (Å²) in [5.41, 5.74) is 3.80. The number of aromatic nitrogens is 2. The second-order valence-corrected chi connectivity index (χ2v) is 7.72. The number of carbonyl (C=O) groups is 2. The van der Waals surface area contributed by atoms with Gasteiger partial charge in [0.2, 0.25) is 5.82 Å². The van der Waals surface area contributed by atoms with E-state index in [9.17, 15) is 9.59 Å². The van der Waals surface area contributed by atoms with Crippen LogP contribution < -0.4 is 5.32 Å². The third-order valence-electron chi connectivity index (χ3n) is 5.49. The Morgan fingerprint density at radius 1 is 1.00 bits per heavy atom. The van der Waals surface area contributed by atoms with E-state index < -0.39 is 0 Å². The summed E-state index contributed by atoms with van der Waals surface area (Å²) in [5.74, 6) is -0.198. The van der Waals surface area contributed by atoms with E-state index in [0.717, 1.165) is 55.6 Å². The fourth-order valence-corrected chi connectivity index (χ4v) is 3.83. The number of benzene rings is 1. The Hall–Kier alpha value is -3.15. The van der Waals surface area contributed by atoms with E-state index in [-0.39, 0.29) is 17.6 Å². The van der Waals surface area contributed by atoms with Crippen molar-refractivity contribution in [2.24, 2.45) is 0 Å². The SMILES string of the molecule is Cc1ccc(C)c(NC(=O)c2nc(C(=O)N3CCCCCC3)c3ccccn23)c1. The van der Waals surface area contributed by atoms with Crippen molar-refractivity contribution in [3.05, 3.63) is 65.2 Å². The lowest BCUT2D eigenvalue weighted by Gasteiger charge is -2.19. The van der Waals surface area contributed by atoms with Crippen LogP contribution in [-0.4, -0.2) is 39.2 Å². The van der Waals surface area contributed by atoms with Crippen LogP contribution in [-0.2, 0) is 0 Å². The molecule has 2 aromatic heterocycles. The highest BCUT2D eigenvalue weighted by molar-refractivity contribution is 6.06. The van der Waals surface area contributed by atoms with Gasteiger partial charge in [0, 0.05) is 25.0 Å². The minimum absolute atomic E-state index is 0.0959. The lowest BCUT2D eigenvalue weighted by molar-refractivity contribution is 0.0758. The molecule has 0 bridgehead atoms. The molecule has 1 saturated heterocycles. The summed E-state index contributed by atoms with van der Waals surface area (Å²) < 4.78 is 1.70. The smallest absolute Gasteiger partial charge is 0.292 e. The molecule has 3 aromatic rings. The standard InChI is InChI=1S/C23H26N4O2/c1-16-10-11-17(2)18(15-16)24-22(28)21-25-20(19-9-5-8-14-27(19)21)23(29)26-12-6-3-4-7-13-26/h5,8-11,14-15H,3-4,6-7,12-13H2,1-2H3,(H,24,28). The van der Waals surface area contributed by atoms with Gasteiger partial charge in [-0.15, -0.1) is 0 Å². The quantitative estimate of drug-likeness (QED) is 0.728. The average molecular weight is 390 g/mol. The summed E-state index contributed by atoms with van der Waals surface area (Å²) in [4.78, 5) is 32.6. The zero-order valence-electron chi connectivity index (χ0n) is 16.9. The number of anilines is 1. The zero-order chi connectivity index (χ0) is 20.4. The topological polar surface area (TPSA) is 66.7 Å². The summed E-state index contributed by atoms with van der Waals surface area (Å²) in [6.07, 6.45) is 6.10. The number of aryl methyl sites for hydroxylation is 2. The molecule has 150 valence electrons. The number of fused-ring (bicyclic) bond motifs is 1. The number of pyridine rings is 1. The van der Waals surface area contributed by atoms with Gasteiger partial charge in [0.15, 0.2) is 5.69 Å². The van der Waals surface area contributed by atoms with Gasteiger partial charge in [-0.2, -0.15) is 0 Å².